The van der Waals surface area contributed by atoms with Crippen molar-refractivity contribution >= 4 is 18.0 Å². The van der Waals surface area contributed by atoms with E-state index in [1.165, 1.54) is 13.3 Å². The fourth-order valence-corrected chi connectivity index (χ4v) is 2.35. The molecule has 0 bridgehead atoms. The smallest absolute Gasteiger partial charge is 0.234 e. The number of ketones is 1. The molecule has 2 N–H and O–H groups in total. The SMILES string of the molecule is CC.CC.CC(=O)CNCC(=O)N[C@H](C=O)C1CCCCC1.[HH]. The van der Waals surface area contributed by atoms with Crippen molar-refractivity contribution in [1.82, 2.24) is 10.6 Å². The van der Waals surface area contributed by atoms with Gasteiger partial charge in [-0.25, -0.2) is 0 Å². The highest BCUT2D eigenvalue weighted by Gasteiger charge is 2.24. The van der Waals surface area contributed by atoms with Crippen LogP contribution in [0.25, 0.3) is 0 Å². The van der Waals surface area contributed by atoms with Crippen LogP contribution in [0.4, 0.5) is 0 Å². The third kappa shape index (κ3) is 11.4. The monoisotopic (exact) mass is 316 g/mol. The van der Waals surface area contributed by atoms with Gasteiger partial charge in [0.05, 0.1) is 19.1 Å². The summed E-state index contributed by atoms with van der Waals surface area (Å²) in [5.41, 5.74) is 0. The van der Waals surface area contributed by atoms with Gasteiger partial charge in [-0.3, -0.25) is 9.59 Å². The maximum absolute atomic E-state index is 11.6. The van der Waals surface area contributed by atoms with Crippen LogP contribution >= 0.6 is 0 Å². The van der Waals surface area contributed by atoms with Crippen LogP contribution in [0.1, 0.15) is 68.1 Å². The average Bonchev–Trinajstić information content (AvgIpc) is 2.57. The van der Waals surface area contributed by atoms with Crippen LogP contribution in [-0.2, 0) is 14.4 Å². The molecule has 0 radical (unpaired) electrons. The summed E-state index contributed by atoms with van der Waals surface area (Å²) >= 11 is 0. The number of hydrogen-bond acceptors (Lipinski definition) is 4. The van der Waals surface area contributed by atoms with Gasteiger partial charge in [0.2, 0.25) is 5.91 Å². The molecule has 5 nitrogen and oxygen atoms in total. The maximum atomic E-state index is 11.6. The van der Waals surface area contributed by atoms with Crippen molar-refractivity contribution in [2.75, 3.05) is 13.1 Å². The number of Topliss-reactive ketones (excluding diaryl/α,β-unsaturated/α-hetero) is 1. The first-order chi connectivity index (χ1) is 10.6. The molecule has 5 heteroatoms. The molecule has 0 saturated heterocycles. The van der Waals surface area contributed by atoms with Gasteiger partial charge < -0.3 is 15.4 Å². The van der Waals surface area contributed by atoms with Gasteiger partial charge in [-0.15, -0.1) is 0 Å². The van der Waals surface area contributed by atoms with Gasteiger partial charge in [0.1, 0.15) is 12.1 Å². The number of hydrogen-bond donors (Lipinski definition) is 2. The zero-order valence-corrected chi connectivity index (χ0v) is 14.9. The van der Waals surface area contributed by atoms with Crippen molar-refractivity contribution in [2.24, 2.45) is 5.92 Å². The first kappa shape index (κ1) is 23.0. The van der Waals surface area contributed by atoms with Crippen molar-refractivity contribution in [2.45, 2.75) is 72.8 Å². The summed E-state index contributed by atoms with van der Waals surface area (Å²) in [6.07, 6.45) is 6.32. The standard InChI is InChI=1S/C13H22N2O3.2C2H6.H2/c1-10(17)7-14-8-13(18)15-12(9-16)11-5-3-2-4-6-11;2*1-2;/h9,11-12,14H,2-8H2,1H3,(H,15,18);2*1-2H3;1H/t12-;;;/m1.../s1. The van der Waals surface area contributed by atoms with Crippen LogP contribution in [0, 0.1) is 5.92 Å². The van der Waals surface area contributed by atoms with E-state index in [0.717, 1.165) is 32.0 Å². The molecule has 1 saturated carbocycles. The number of nitrogens with one attached hydrogen (secondary N) is 2. The summed E-state index contributed by atoms with van der Waals surface area (Å²) in [4.78, 5) is 33.3. The Labute approximate surface area is 137 Å². The Bertz CT molecular complexity index is 306. The van der Waals surface area contributed by atoms with E-state index in [1.54, 1.807) is 0 Å². The fourth-order valence-electron chi connectivity index (χ4n) is 2.35. The summed E-state index contributed by atoms with van der Waals surface area (Å²) in [7, 11) is 0. The van der Waals surface area contributed by atoms with E-state index < -0.39 is 0 Å². The molecule has 0 aliphatic heterocycles. The van der Waals surface area contributed by atoms with E-state index in [-0.39, 0.29) is 38.2 Å². The molecule has 0 heterocycles. The summed E-state index contributed by atoms with van der Waals surface area (Å²) in [5.74, 6) is 0.0361. The molecule has 22 heavy (non-hydrogen) atoms. The largest absolute Gasteiger partial charge is 0.345 e. The van der Waals surface area contributed by atoms with Gasteiger partial charge in [-0.1, -0.05) is 47.0 Å². The molecule has 0 aromatic rings. The number of amides is 1. The minimum Gasteiger partial charge on any atom is -0.345 e. The minimum absolute atomic E-state index is 0. The molecule has 132 valence electrons. The predicted octanol–water partition coefficient (Wildman–Crippen LogP) is 2.73. The first-order valence-electron chi connectivity index (χ1n) is 8.58. The molecule has 0 spiro atoms. The van der Waals surface area contributed by atoms with Gasteiger partial charge in [-0.2, -0.15) is 0 Å². The highest BCUT2D eigenvalue weighted by molar-refractivity contribution is 5.82. The van der Waals surface area contributed by atoms with E-state index in [2.05, 4.69) is 10.6 Å². The lowest BCUT2D eigenvalue weighted by molar-refractivity contribution is -0.124. The highest BCUT2D eigenvalue weighted by atomic mass is 16.2. The summed E-state index contributed by atoms with van der Waals surface area (Å²) in [5, 5.41) is 5.47. The van der Waals surface area contributed by atoms with Crippen molar-refractivity contribution in [3.8, 4) is 0 Å². The molecule has 1 atom stereocenters. The third-order valence-corrected chi connectivity index (χ3v) is 3.29. The van der Waals surface area contributed by atoms with E-state index in [9.17, 15) is 14.4 Å². The minimum atomic E-state index is -0.378. The van der Waals surface area contributed by atoms with Crippen LogP contribution in [0.15, 0.2) is 0 Å². The second kappa shape index (κ2) is 16.1. The maximum Gasteiger partial charge on any atom is 0.234 e. The normalized spacial score (nSPS) is 15.3. The third-order valence-electron chi connectivity index (χ3n) is 3.29. The Hall–Kier alpha value is -1.23. The first-order valence-corrected chi connectivity index (χ1v) is 8.58. The van der Waals surface area contributed by atoms with Crippen LogP contribution in [0.5, 0.6) is 0 Å². The van der Waals surface area contributed by atoms with Gasteiger partial charge in [0, 0.05) is 1.43 Å². The Kier molecular flexibility index (Phi) is 16.9. The average molecular weight is 316 g/mol. The molecular formula is C17H36N2O3. The summed E-state index contributed by atoms with van der Waals surface area (Å²) < 4.78 is 0. The molecule has 1 amide bonds. The zero-order chi connectivity index (χ0) is 17.4. The molecule has 1 rings (SSSR count). The molecular weight excluding hydrogens is 280 g/mol. The van der Waals surface area contributed by atoms with E-state index in [4.69, 9.17) is 0 Å². The van der Waals surface area contributed by atoms with Crippen LogP contribution in [0.2, 0.25) is 0 Å². The van der Waals surface area contributed by atoms with Gasteiger partial charge in [-0.05, 0) is 25.7 Å². The second-order valence-electron chi connectivity index (χ2n) is 4.93. The quantitative estimate of drug-likeness (QED) is 0.708. The molecule has 0 unspecified atom stereocenters. The molecule has 0 aromatic heterocycles. The van der Waals surface area contributed by atoms with Gasteiger partial charge >= 0.3 is 0 Å². The van der Waals surface area contributed by atoms with Crippen molar-refractivity contribution in [3.63, 3.8) is 0 Å². The Morgan fingerprint density at radius 3 is 2.09 bits per heavy atom. The number of aldehydes is 1. The van der Waals surface area contributed by atoms with Crippen molar-refractivity contribution < 1.29 is 15.8 Å². The Balaban J connectivity index is -0.000000739. The summed E-state index contributed by atoms with van der Waals surface area (Å²) in [6.45, 7) is 9.72. The van der Waals surface area contributed by atoms with E-state index >= 15 is 0 Å². The van der Waals surface area contributed by atoms with E-state index in [0.29, 0.717) is 0 Å². The fraction of sp³-hybridized carbons (Fsp3) is 0.824. The number of carbonyl (C=O) groups is 3. The molecule has 1 aliphatic rings. The Morgan fingerprint density at radius 2 is 1.64 bits per heavy atom. The number of carbonyl (C=O) groups excluding carboxylic acids is 3. The number of rotatable bonds is 7. The topological polar surface area (TPSA) is 75.3 Å². The summed E-state index contributed by atoms with van der Waals surface area (Å²) in [6, 6.07) is -0.378. The van der Waals surface area contributed by atoms with Crippen LogP contribution in [-0.4, -0.2) is 37.1 Å². The second-order valence-corrected chi connectivity index (χ2v) is 4.93. The van der Waals surface area contributed by atoms with Gasteiger partial charge in [0.25, 0.3) is 0 Å². The zero-order valence-electron chi connectivity index (χ0n) is 14.9. The Morgan fingerprint density at radius 1 is 1.09 bits per heavy atom. The van der Waals surface area contributed by atoms with Gasteiger partial charge in [0.15, 0.2) is 0 Å². The lowest BCUT2D eigenvalue weighted by Gasteiger charge is -2.27. The van der Waals surface area contributed by atoms with Crippen molar-refractivity contribution in [1.29, 1.82) is 0 Å². The van der Waals surface area contributed by atoms with Crippen LogP contribution in [0.3, 0.4) is 0 Å². The molecule has 1 fully saturated rings. The van der Waals surface area contributed by atoms with Crippen molar-refractivity contribution in [3.05, 3.63) is 0 Å². The molecule has 0 aromatic carbocycles. The lowest BCUT2D eigenvalue weighted by Crippen LogP contribution is -2.46. The highest BCUT2D eigenvalue weighted by Crippen LogP contribution is 2.25. The molecule has 1 aliphatic carbocycles. The van der Waals surface area contributed by atoms with E-state index in [1.807, 2.05) is 27.7 Å². The van der Waals surface area contributed by atoms with Crippen LogP contribution < -0.4 is 10.6 Å². The predicted molar refractivity (Wildman–Crippen MR) is 92.9 cm³/mol. The lowest BCUT2D eigenvalue weighted by atomic mass is 9.84.